The normalized spacial score (nSPS) is 12.7. The first kappa shape index (κ1) is 11.9. The van der Waals surface area contributed by atoms with Crippen LogP contribution < -0.4 is 0 Å². The molecule has 0 fully saturated rings. The van der Waals surface area contributed by atoms with E-state index in [9.17, 15) is 9.59 Å². The first-order valence-electron chi connectivity index (χ1n) is 4.11. The Kier molecular flexibility index (Phi) is 4.40. The van der Waals surface area contributed by atoms with Gasteiger partial charge in [-0.3, -0.25) is 10.0 Å². The zero-order valence-electron chi connectivity index (χ0n) is 8.02. The number of carboxylic acid groups (broad SMARTS) is 1. The van der Waals surface area contributed by atoms with Crippen LogP contribution in [-0.4, -0.2) is 33.3 Å². The molecule has 0 spiro atoms. The third kappa shape index (κ3) is 3.89. The Hall–Kier alpha value is -1.10. The van der Waals surface area contributed by atoms with Gasteiger partial charge in [-0.25, -0.2) is 9.86 Å². The Morgan fingerprint density at radius 2 is 1.77 bits per heavy atom. The fourth-order valence-electron chi connectivity index (χ4n) is 1.08. The van der Waals surface area contributed by atoms with Crippen LogP contribution in [0, 0.1) is 5.92 Å². The molecule has 2 N–H and O–H groups in total. The highest BCUT2D eigenvalue weighted by atomic mass is 16.5. The van der Waals surface area contributed by atoms with Crippen LogP contribution in [0.1, 0.15) is 27.2 Å². The summed E-state index contributed by atoms with van der Waals surface area (Å²) in [6, 6.07) is -0.469. The molecule has 76 valence electrons. The zero-order chi connectivity index (χ0) is 10.6. The summed E-state index contributed by atoms with van der Waals surface area (Å²) in [7, 11) is 0. The summed E-state index contributed by atoms with van der Waals surface area (Å²) < 4.78 is 0. The number of hydrogen-bond donors (Lipinski definition) is 2. The largest absolute Gasteiger partial charge is 0.474 e. The molecule has 0 radical (unpaired) electrons. The van der Waals surface area contributed by atoms with Gasteiger partial charge in [-0.1, -0.05) is 13.8 Å². The van der Waals surface area contributed by atoms with E-state index in [0.29, 0.717) is 12.3 Å². The molecule has 0 saturated heterocycles. The van der Waals surface area contributed by atoms with Crippen LogP contribution in [0.4, 0.5) is 0 Å². The molecule has 0 aromatic heterocycles. The molecule has 0 aromatic carbocycles. The maximum Gasteiger partial charge on any atom is 0.396 e. The predicted molar refractivity (Wildman–Crippen MR) is 45.2 cm³/mol. The molecule has 5 nitrogen and oxygen atoms in total. The number of carbonyl (C=O) groups is 2. The van der Waals surface area contributed by atoms with Crippen LogP contribution in [0.5, 0.6) is 0 Å². The van der Waals surface area contributed by atoms with Crippen LogP contribution >= 0.6 is 0 Å². The molecule has 5 heteroatoms. The number of hydrogen-bond acceptors (Lipinski definition) is 3. The lowest BCUT2D eigenvalue weighted by atomic mass is 10.1. The summed E-state index contributed by atoms with van der Waals surface area (Å²) in [4.78, 5) is 20.9. The highest BCUT2D eigenvalue weighted by molar-refractivity contribution is 6.31. The lowest BCUT2D eigenvalue weighted by Gasteiger charge is -2.21. The van der Waals surface area contributed by atoms with Crippen LogP contribution in [0.2, 0.25) is 0 Å². The molecule has 1 amide bonds. The van der Waals surface area contributed by atoms with Crippen LogP contribution in [-0.2, 0) is 9.59 Å². The van der Waals surface area contributed by atoms with Crippen molar-refractivity contribution in [2.24, 2.45) is 5.92 Å². The third-order valence-corrected chi connectivity index (χ3v) is 1.62. The molecule has 0 aromatic rings. The maximum atomic E-state index is 10.7. The van der Waals surface area contributed by atoms with Gasteiger partial charge in [-0.15, -0.1) is 0 Å². The number of hydroxylamine groups is 2. The van der Waals surface area contributed by atoms with Gasteiger partial charge in [0.1, 0.15) is 0 Å². The quantitative estimate of drug-likeness (QED) is 0.389. The monoisotopic (exact) mass is 189 g/mol. The van der Waals surface area contributed by atoms with E-state index in [2.05, 4.69) is 0 Å². The molecule has 0 heterocycles. The highest BCUT2D eigenvalue weighted by Gasteiger charge is 2.24. The van der Waals surface area contributed by atoms with Crippen molar-refractivity contribution in [1.82, 2.24) is 5.06 Å². The SMILES string of the molecule is CC(C)CC(C)N(O)C(=O)C(=O)O. The van der Waals surface area contributed by atoms with Gasteiger partial charge in [0.15, 0.2) is 0 Å². The van der Waals surface area contributed by atoms with E-state index in [0.717, 1.165) is 0 Å². The van der Waals surface area contributed by atoms with E-state index in [1.54, 1.807) is 6.92 Å². The van der Waals surface area contributed by atoms with Gasteiger partial charge in [0, 0.05) is 0 Å². The van der Waals surface area contributed by atoms with Crippen molar-refractivity contribution in [3.63, 3.8) is 0 Å². The Morgan fingerprint density at radius 1 is 1.31 bits per heavy atom. The lowest BCUT2D eigenvalue weighted by Crippen LogP contribution is -2.40. The van der Waals surface area contributed by atoms with Crippen molar-refractivity contribution in [2.45, 2.75) is 33.2 Å². The fourth-order valence-corrected chi connectivity index (χ4v) is 1.08. The second-order valence-electron chi connectivity index (χ2n) is 3.43. The summed E-state index contributed by atoms with van der Waals surface area (Å²) in [6.45, 7) is 5.45. The number of nitrogens with zero attached hydrogens (tertiary/aromatic N) is 1. The number of carbonyl (C=O) groups excluding carboxylic acids is 1. The summed E-state index contributed by atoms with van der Waals surface area (Å²) >= 11 is 0. The molecule has 1 unspecified atom stereocenters. The fraction of sp³-hybridized carbons (Fsp3) is 0.750. The second kappa shape index (κ2) is 4.81. The van der Waals surface area contributed by atoms with Crippen molar-refractivity contribution < 1.29 is 19.9 Å². The van der Waals surface area contributed by atoms with E-state index in [-0.39, 0.29) is 5.06 Å². The molecule has 0 rings (SSSR count). The molecule has 0 saturated carbocycles. The summed E-state index contributed by atoms with van der Waals surface area (Å²) in [6.07, 6.45) is 0.565. The van der Waals surface area contributed by atoms with Crippen molar-refractivity contribution in [2.75, 3.05) is 0 Å². The van der Waals surface area contributed by atoms with Gasteiger partial charge in [0.25, 0.3) is 0 Å². The van der Waals surface area contributed by atoms with Crippen molar-refractivity contribution in [3.05, 3.63) is 0 Å². The average Bonchev–Trinajstić information content (AvgIpc) is 2.00. The van der Waals surface area contributed by atoms with Gasteiger partial charge >= 0.3 is 11.9 Å². The van der Waals surface area contributed by atoms with Gasteiger partial charge in [-0.2, -0.15) is 0 Å². The van der Waals surface area contributed by atoms with Gasteiger partial charge in [-0.05, 0) is 19.3 Å². The Labute approximate surface area is 76.9 Å². The molecule has 0 aliphatic heterocycles. The van der Waals surface area contributed by atoms with E-state index in [1.807, 2.05) is 13.8 Å². The minimum absolute atomic E-state index is 0.266. The Balaban J connectivity index is 4.17. The number of rotatable bonds is 3. The van der Waals surface area contributed by atoms with E-state index < -0.39 is 17.9 Å². The molecular weight excluding hydrogens is 174 g/mol. The Bertz CT molecular complexity index is 202. The van der Waals surface area contributed by atoms with Crippen molar-refractivity contribution in [1.29, 1.82) is 0 Å². The minimum atomic E-state index is -1.64. The minimum Gasteiger partial charge on any atom is -0.474 e. The molecule has 0 bridgehead atoms. The second-order valence-corrected chi connectivity index (χ2v) is 3.43. The molecule has 0 aliphatic rings. The van der Waals surface area contributed by atoms with Gasteiger partial charge < -0.3 is 5.11 Å². The van der Waals surface area contributed by atoms with Crippen LogP contribution in [0.15, 0.2) is 0 Å². The van der Waals surface area contributed by atoms with Gasteiger partial charge in [0.05, 0.1) is 6.04 Å². The first-order valence-corrected chi connectivity index (χ1v) is 4.11. The zero-order valence-corrected chi connectivity index (χ0v) is 8.02. The average molecular weight is 189 g/mol. The molecule has 1 atom stereocenters. The number of carboxylic acids is 1. The lowest BCUT2D eigenvalue weighted by molar-refractivity contribution is -0.185. The summed E-state index contributed by atoms with van der Waals surface area (Å²) in [5.74, 6) is -2.63. The number of aliphatic carboxylic acids is 1. The molecule has 0 aliphatic carbocycles. The third-order valence-electron chi connectivity index (χ3n) is 1.62. The van der Waals surface area contributed by atoms with Crippen LogP contribution in [0.25, 0.3) is 0 Å². The van der Waals surface area contributed by atoms with Crippen molar-refractivity contribution >= 4 is 11.9 Å². The van der Waals surface area contributed by atoms with E-state index in [1.165, 1.54) is 0 Å². The maximum absolute atomic E-state index is 10.7. The standard InChI is InChI=1S/C8H15NO4/c1-5(2)4-6(3)9(13)7(10)8(11)12/h5-6,13H,4H2,1-3H3,(H,11,12). The Morgan fingerprint density at radius 3 is 2.08 bits per heavy atom. The molecule has 13 heavy (non-hydrogen) atoms. The predicted octanol–water partition coefficient (Wildman–Crippen LogP) is 0.723. The first-order chi connectivity index (χ1) is 5.86. The number of amides is 1. The molecular formula is C8H15NO4. The van der Waals surface area contributed by atoms with Crippen LogP contribution in [0.3, 0.4) is 0 Å². The summed E-state index contributed by atoms with van der Waals surface area (Å²) in [5.41, 5.74) is 0. The highest BCUT2D eigenvalue weighted by Crippen LogP contribution is 2.09. The van der Waals surface area contributed by atoms with E-state index >= 15 is 0 Å². The summed E-state index contributed by atoms with van der Waals surface area (Å²) in [5, 5.41) is 17.7. The van der Waals surface area contributed by atoms with E-state index in [4.69, 9.17) is 10.3 Å². The topological polar surface area (TPSA) is 77.8 Å². The van der Waals surface area contributed by atoms with Gasteiger partial charge in [0.2, 0.25) is 0 Å². The van der Waals surface area contributed by atoms with Crippen molar-refractivity contribution in [3.8, 4) is 0 Å². The smallest absolute Gasteiger partial charge is 0.396 e.